The lowest BCUT2D eigenvalue weighted by molar-refractivity contribution is -0.132. The third kappa shape index (κ3) is 3.98. The van der Waals surface area contributed by atoms with Crippen molar-refractivity contribution in [2.45, 2.75) is 6.92 Å². The standard InChI is InChI=1S/C15H17ClN2O3/c1-11-2-3-12(10-13(11)16)17-6-8-18(9-7-17)14(19)4-5-15(20)21/h2-5,10H,6-9H2,1H3,(H,20,21)/b5-4-. The Bertz CT molecular complexity index is 578. The van der Waals surface area contributed by atoms with Crippen molar-refractivity contribution >= 4 is 29.2 Å². The number of aryl methyl sites for hydroxylation is 1. The quantitative estimate of drug-likeness (QED) is 0.867. The van der Waals surface area contributed by atoms with Gasteiger partial charge in [-0.15, -0.1) is 0 Å². The topological polar surface area (TPSA) is 60.9 Å². The van der Waals surface area contributed by atoms with Crippen molar-refractivity contribution < 1.29 is 14.7 Å². The third-order valence-corrected chi connectivity index (χ3v) is 3.89. The molecule has 6 heteroatoms. The maximum Gasteiger partial charge on any atom is 0.328 e. The van der Waals surface area contributed by atoms with E-state index >= 15 is 0 Å². The molecule has 5 nitrogen and oxygen atoms in total. The van der Waals surface area contributed by atoms with Crippen molar-refractivity contribution in [1.82, 2.24) is 4.90 Å². The van der Waals surface area contributed by atoms with E-state index in [1.165, 1.54) is 0 Å². The molecule has 0 spiro atoms. The van der Waals surface area contributed by atoms with Crippen LogP contribution in [0.25, 0.3) is 0 Å². The number of piperazine rings is 1. The van der Waals surface area contributed by atoms with Crippen molar-refractivity contribution in [3.05, 3.63) is 40.9 Å². The number of hydrogen-bond acceptors (Lipinski definition) is 3. The van der Waals surface area contributed by atoms with Crippen LogP contribution >= 0.6 is 11.6 Å². The summed E-state index contributed by atoms with van der Waals surface area (Å²) in [6.07, 6.45) is 1.97. The van der Waals surface area contributed by atoms with Crippen LogP contribution < -0.4 is 4.90 Å². The first kappa shape index (κ1) is 15.4. The van der Waals surface area contributed by atoms with Crippen LogP contribution in [0.15, 0.2) is 30.4 Å². The highest BCUT2D eigenvalue weighted by atomic mass is 35.5. The Hall–Kier alpha value is -2.01. The fraction of sp³-hybridized carbons (Fsp3) is 0.333. The van der Waals surface area contributed by atoms with Gasteiger partial charge in [0.1, 0.15) is 0 Å². The van der Waals surface area contributed by atoms with Crippen molar-refractivity contribution in [2.75, 3.05) is 31.1 Å². The van der Waals surface area contributed by atoms with E-state index in [-0.39, 0.29) is 5.91 Å². The van der Waals surface area contributed by atoms with Crippen LogP contribution in [0, 0.1) is 6.92 Å². The number of amides is 1. The van der Waals surface area contributed by atoms with Gasteiger partial charge in [0.05, 0.1) is 0 Å². The third-order valence-electron chi connectivity index (χ3n) is 3.48. The summed E-state index contributed by atoms with van der Waals surface area (Å²) in [4.78, 5) is 26.0. The molecule has 21 heavy (non-hydrogen) atoms. The molecule has 1 saturated heterocycles. The van der Waals surface area contributed by atoms with E-state index in [2.05, 4.69) is 4.90 Å². The summed E-state index contributed by atoms with van der Waals surface area (Å²) in [7, 11) is 0. The van der Waals surface area contributed by atoms with Gasteiger partial charge in [-0.25, -0.2) is 4.79 Å². The fourth-order valence-corrected chi connectivity index (χ4v) is 2.39. The summed E-state index contributed by atoms with van der Waals surface area (Å²) in [6.45, 7) is 4.48. The SMILES string of the molecule is Cc1ccc(N2CCN(C(=O)/C=C\C(=O)O)CC2)cc1Cl. The van der Waals surface area contributed by atoms with Crippen LogP contribution in [0.2, 0.25) is 5.02 Å². The number of halogens is 1. The second-order valence-electron chi connectivity index (χ2n) is 4.92. The minimum atomic E-state index is -1.11. The van der Waals surface area contributed by atoms with Crippen molar-refractivity contribution in [1.29, 1.82) is 0 Å². The van der Waals surface area contributed by atoms with Gasteiger partial charge >= 0.3 is 5.97 Å². The Morgan fingerprint density at radius 1 is 1.19 bits per heavy atom. The molecule has 1 heterocycles. The zero-order chi connectivity index (χ0) is 15.4. The average Bonchev–Trinajstić information content (AvgIpc) is 2.48. The zero-order valence-electron chi connectivity index (χ0n) is 11.8. The molecule has 0 saturated carbocycles. The highest BCUT2D eigenvalue weighted by molar-refractivity contribution is 6.31. The smallest absolute Gasteiger partial charge is 0.328 e. The number of carbonyl (C=O) groups excluding carboxylic acids is 1. The fourth-order valence-electron chi connectivity index (χ4n) is 2.21. The van der Waals surface area contributed by atoms with Gasteiger partial charge in [0.25, 0.3) is 0 Å². The normalized spacial score (nSPS) is 15.5. The number of carboxylic acids is 1. The highest BCUT2D eigenvalue weighted by Crippen LogP contribution is 2.24. The summed E-state index contributed by atoms with van der Waals surface area (Å²) < 4.78 is 0. The molecular weight excluding hydrogens is 292 g/mol. The van der Waals surface area contributed by atoms with E-state index in [1.807, 2.05) is 25.1 Å². The largest absolute Gasteiger partial charge is 0.478 e. The predicted octanol–water partition coefficient (Wildman–Crippen LogP) is 1.94. The lowest BCUT2D eigenvalue weighted by Gasteiger charge is -2.35. The van der Waals surface area contributed by atoms with Crippen LogP contribution in [-0.4, -0.2) is 48.1 Å². The molecule has 1 N–H and O–H groups in total. The summed E-state index contributed by atoms with van der Waals surface area (Å²) in [5.74, 6) is -1.38. The molecule has 1 aromatic rings. The molecule has 112 valence electrons. The van der Waals surface area contributed by atoms with E-state index in [1.54, 1.807) is 4.90 Å². The van der Waals surface area contributed by atoms with Gasteiger partial charge in [-0.2, -0.15) is 0 Å². The van der Waals surface area contributed by atoms with Gasteiger partial charge in [0.15, 0.2) is 0 Å². The molecule has 0 bridgehead atoms. The molecule has 0 radical (unpaired) electrons. The van der Waals surface area contributed by atoms with Crippen molar-refractivity contribution in [3.8, 4) is 0 Å². The van der Waals surface area contributed by atoms with E-state index in [0.717, 1.165) is 28.4 Å². The molecule has 0 unspecified atom stereocenters. The Kier molecular flexibility index (Phi) is 4.85. The number of carboxylic acid groups (broad SMARTS) is 1. The van der Waals surface area contributed by atoms with Gasteiger partial charge in [-0.05, 0) is 24.6 Å². The lowest BCUT2D eigenvalue weighted by Crippen LogP contribution is -2.48. The van der Waals surface area contributed by atoms with E-state index in [4.69, 9.17) is 16.7 Å². The number of nitrogens with zero attached hydrogens (tertiary/aromatic N) is 2. The van der Waals surface area contributed by atoms with E-state index in [0.29, 0.717) is 26.2 Å². The first-order valence-electron chi connectivity index (χ1n) is 6.68. The number of anilines is 1. The number of carbonyl (C=O) groups is 2. The number of aliphatic carboxylic acids is 1. The maximum atomic E-state index is 11.8. The Morgan fingerprint density at radius 2 is 1.86 bits per heavy atom. The van der Waals surface area contributed by atoms with Crippen LogP contribution in [0.1, 0.15) is 5.56 Å². The lowest BCUT2D eigenvalue weighted by atomic mass is 10.2. The molecular formula is C15H17ClN2O3. The highest BCUT2D eigenvalue weighted by Gasteiger charge is 2.20. The molecule has 1 aliphatic rings. The van der Waals surface area contributed by atoms with Crippen LogP contribution in [0.4, 0.5) is 5.69 Å². The van der Waals surface area contributed by atoms with Gasteiger partial charge in [-0.1, -0.05) is 17.7 Å². The number of rotatable bonds is 3. The maximum absolute atomic E-state index is 11.8. The number of benzene rings is 1. The second-order valence-corrected chi connectivity index (χ2v) is 5.32. The minimum Gasteiger partial charge on any atom is -0.478 e. The Balaban J connectivity index is 1.95. The second kappa shape index (κ2) is 6.63. The molecule has 1 aromatic carbocycles. The van der Waals surface area contributed by atoms with Crippen LogP contribution in [0.5, 0.6) is 0 Å². The van der Waals surface area contributed by atoms with E-state index < -0.39 is 5.97 Å². The van der Waals surface area contributed by atoms with Gasteiger partial charge in [-0.3, -0.25) is 4.79 Å². The van der Waals surface area contributed by atoms with Crippen LogP contribution in [0.3, 0.4) is 0 Å². The Labute approximate surface area is 128 Å². The average molecular weight is 309 g/mol. The molecule has 2 rings (SSSR count). The van der Waals surface area contributed by atoms with Crippen molar-refractivity contribution in [2.24, 2.45) is 0 Å². The molecule has 0 aliphatic carbocycles. The minimum absolute atomic E-state index is 0.265. The van der Waals surface area contributed by atoms with Crippen molar-refractivity contribution in [3.63, 3.8) is 0 Å². The zero-order valence-corrected chi connectivity index (χ0v) is 12.5. The molecule has 1 aliphatic heterocycles. The Morgan fingerprint density at radius 3 is 2.43 bits per heavy atom. The predicted molar refractivity (Wildman–Crippen MR) is 81.8 cm³/mol. The van der Waals surface area contributed by atoms with Crippen LogP contribution in [-0.2, 0) is 9.59 Å². The first-order valence-corrected chi connectivity index (χ1v) is 7.06. The summed E-state index contributed by atoms with van der Waals surface area (Å²) in [5.41, 5.74) is 2.08. The van der Waals surface area contributed by atoms with Gasteiger partial charge < -0.3 is 14.9 Å². The first-order chi connectivity index (χ1) is 9.97. The number of hydrogen-bond donors (Lipinski definition) is 1. The summed E-state index contributed by atoms with van der Waals surface area (Å²) in [6, 6.07) is 5.92. The van der Waals surface area contributed by atoms with E-state index in [9.17, 15) is 9.59 Å². The molecule has 0 atom stereocenters. The monoisotopic (exact) mass is 308 g/mol. The summed E-state index contributed by atoms with van der Waals surface area (Å²) in [5, 5.41) is 9.25. The molecule has 1 amide bonds. The molecule has 0 aromatic heterocycles. The van der Waals surface area contributed by atoms with Gasteiger partial charge in [0, 0.05) is 49.0 Å². The van der Waals surface area contributed by atoms with Gasteiger partial charge in [0.2, 0.25) is 5.91 Å². The summed E-state index contributed by atoms with van der Waals surface area (Å²) >= 11 is 6.13. The molecule has 1 fully saturated rings.